The Hall–Kier alpha value is -5.98. The first kappa shape index (κ1) is 40.1. The molecule has 5 aliphatic rings. The number of carbonyl (C=O) groups is 2. The molecule has 5 aromatic rings. The summed E-state index contributed by atoms with van der Waals surface area (Å²) >= 11 is 0. The van der Waals surface area contributed by atoms with Crippen LogP contribution in [0, 0.1) is 30.0 Å². The molecule has 10 rings (SSSR count). The zero-order valence-corrected chi connectivity index (χ0v) is 35.9. The topological polar surface area (TPSA) is 135 Å². The molecule has 3 amide bonds. The Labute approximate surface area is 360 Å². The van der Waals surface area contributed by atoms with E-state index >= 15 is 4.39 Å². The number of pyridine rings is 1. The van der Waals surface area contributed by atoms with Crippen LogP contribution in [-0.4, -0.2) is 103 Å². The van der Waals surface area contributed by atoms with Gasteiger partial charge >= 0.3 is 6.03 Å². The first-order valence-electron chi connectivity index (χ1n) is 21.9. The molecule has 14 nitrogen and oxygen atoms in total. The molecule has 3 aromatic carbocycles. The van der Waals surface area contributed by atoms with Gasteiger partial charge in [0.15, 0.2) is 5.82 Å². The van der Waals surface area contributed by atoms with Gasteiger partial charge in [-0.25, -0.2) is 9.18 Å². The van der Waals surface area contributed by atoms with Crippen molar-refractivity contribution >= 4 is 62.3 Å². The molecular weight excluding hydrogens is 788 g/mol. The van der Waals surface area contributed by atoms with Crippen molar-refractivity contribution in [2.75, 3.05) is 85.6 Å². The fourth-order valence-electron chi connectivity index (χ4n) is 10.8. The largest absolute Gasteiger partial charge is 0.374 e. The number of rotatable bonds is 6. The summed E-state index contributed by atoms with van der Waals surface area (Å²) in [6.07, 6.45) is 4.98. The summed E-state index contributed by atoms with van der Waals surface area (Å²) in [5, 5.41) is 18.3. The van der Waals surface area contributed by atoms with Gasteiger partial charge in [0.05, 0.1) is 57.6 Å². The van der Waals surface area contributed by atoms with Crippen LogP contribution in [0.4, 0.5) is 37.8 Å². The highest BCUT2D eigenvalue weighted by atomic mass is 19.1. The number of likely N-dealkylation sites (N-methyl/N-ethyl adjacent to an activating group) is 1. The summed E-state index contributed by atoms with van der Waals surface area (Å²) in [6, 6.07) is 17.5. The molecule has 4 saturated heterocycles. The van der Waals surface area contributed by atoms with E-state index in [-0.39, 0.29) is 41.8 Å². The van der Waals surface area contributed by atoms with Crippen molar-refractivity contribution in [3.05, 3.63) is 81.4 Å². The Balaban J connectivity index is 0.803. The van der Waals surface area contributed by atoms with Crippen molar-refractivity contribution in [1.29, 1.82) is 5.26 Å². The van der Waals surface area contributed by atoms with Gasteiger partial charge in [-0.1, -0.05) is 0 Å². The number of aryl methyl sites for hydroxylation is 3. The second-order valence-electron chi connectivity index (χ2n) is 18.2. The smallest absolute Gasteiger partial charge is 0.329 e. The van der Waals surface area contributed by atoms with Crippen LogP contribution in [0.2, 0.25) is 0 Å². The monoisotopic (exact) mass is 840 g/mol. The molecule has 1 atom stereocenters. The summed E-state index contributed by atoms with van der Waals surface area (Å²) in [7, 11) is 5.74. The van der Waals surface area contributed by atoms with Gasteiger partial charge in [-0.3, -0.25) is 24.5 Å². The number of anilines is 5. The van der Waals surface area contributed by atoms with Crippen LogP contribution in [0.3, 0.4) is 0 Å². The number of urea groups is 1. The van der Waals surface area contributed by atoms with Crippen molar-refractivity contribution in [3.8, 4) is 6.07 Å². The molecule has 1 unspecified atom stereocenters. The average molecular weight is 841 g/mol. The number of hydrogen-bond donors (Lipinski definition) is 1. The Morgan fingerprint density at radius 1 is 0.855 bits per heavy atom. The maximum absolute atomic E-state index is 15.8. The van der Waals surface area contributed by atoms with Crippen LogP contribution in [-0.2, 0) is 23.6 Å². The average Bonchev–Trinajstić information content (AvgIpc) is 3.83. The van der Waals surface area contributed by atoms with Crippen LogP contribution in [0.25, 0.3) is 21.8 Å². The molecule has 4 fully saturated rings. The molecule has 322 valence electrons. The number of fused-ring (bicyclic) bond motifs is 3. The van der Waals surface area contributed by atoms with Gasteiger partial charge in [0, 0.05) is 102 Å². The van der Waals surface area contributed by atoms with E-state index in [9.17, 15) is 19.6 Å². The number of amides is 3. The number of imide groups is 1. The Morgan fingerprint density at radius 2 is 1.65 bits per heavy atom. The first-order valence-corrected chi connectivity index (χ1v) is 21.9. The van der Waals surface area contributed by atoms with Gasteiger partial charge in [0.25, 0.3) is 5.56 Å². The number of nitrogens with one attached hydrogen (secondary N) is 1. The lowest BCUT2D eigenvalue weighted by molar-refractivity contribution is -0.120. The highest BCUT2D eigenvalue weighted by Crippen LogP contribution is 2.47. The second-order valence-corrected chi connectivity index (χ2v) is 18.2. The zero-order valence-electron chi connectivity index (χ0n) is 35.9. The molecule has 15 heteroatoms. The quantitative estimate of drug-likeness (QED) is 0.216. The molecular formula is C47H53FN10O4. The second kappa shape index (κ2) is 15.4. The molecule has 0 radical (unpaired) electrons. The summed E-state index contributed by atoms with van der Waals surface area (Å²) in [5.74, 6) is 0.398. The number of halogens is 1. The molecule has 5 aliphatic heterocycles. The van der Waals surface area contributed by atoms with E-state index in [1.165, 1.54) is 16.5 Å². The van der Waals surface area contributed by atoms with Crippen LogP contribution in [0.15, 0.2) is 53.3 Å². The van der Waals surface area contributed by atoms with Gasteiger partial charge in [-0.2, -0.15) is 10.4 Å². The number of benzene rings is 3. The molecule has 0 bridgehead atoms. The lowest BCUT2D eigenvalue weighted by Gasteiger charge is -2.41. The van der Waals surface area contributed by atoms with Crippen molar-refractivity contribution in [3.63, 3.8) is 0 Å². The number of piperidine rings is 2. The molecule has 1 spiro atoms. The Bertz CT molecular complexity index is 2740. The standard InChI is InChI=1S/C47H53FN10O4/c1-29-19-34-38(53(3)45(29)60)21-32(22-40(34)57-18-17-52(2)37-6-5-31(26-49)20-42(37)57)33-25-47(62-28-33)10-15-55(16-11-47)27-30-7-12-56(13-8-30)41-24-39-35(23-36(41)48)44(51-54(39)4)58-14-9-43(59)50-46(58)61/h5-6,19-24,30,33H,7-18,25,27-28H2,1-4H3,(H,50,59,61). The van der Waals surface area contributed by atoms with E-state index in [1.807, 2.05) is 44.3 Å². The predicted octanol–water partition coefficient (Wildman–Crippen LogP) is 6.03. The summed E-state index contributed by atoms with van der Waals surface area (Å²) in [4.78, 5) is 48.2. The lowest BCUT2D eigenvalue weighted by atomic mass is 9.82. The van der Waals surface area contributed by atoms with Crippen molar-refractivity contribution in [2.45, 2.75) is 57.0 Å². The molecule has 2 aromatic heterocycles. The molecule has 0 aliphatic carbocycles. The first-order chi connectivity index (χ1) is 29.9. The fraction of sp³-hybridized carbons (Fsp3) is 0.468. The van der Waals surface area contributed by atoms with Crippen molar-refractivity contribution in [1.82, 2.24) is 24.6 Å². The van der Waals surface area contributed by atoms with E-state index in [1.54, 1.807) is 16.3 Å². The third-order valence-electron chi connectivity index (χ3n) is 14.4. The number of nitriles is 1. The molecule has 1 N–H and O–H groups in total. The van der Waals surface area contributed by atoms with Crippen LogP contribution < -0.4 is 30.5 Å². The Kier molecular flexibility index (Phi) is 9.98. The minimum absolute atomic E-state index is 0.00213. The minimum Gasteiger partial charge on any atom is -0.374 e. The van der Waals surface area contributed by atoms with Gasteiger partial charge in [0.2, 0.25) is 5.91 Å². The van der Waals surface area contributed by atoms with E-state index in [0.29, 0.717) is 40.5 Å². The van der Waals surface area contributed by atoms with Crippen molar-refractivity contribution < 1.29 is 18.7 Å². The third kappa shape index (κ3) is 6.93. The van der Waals surface area contributed by atoms with Gasteiger partial charge in [-0.15, -0.1) is 0 Å². The SMILES string of the molecule is Cc1cc2c(N3CCN(C)c4ccc(C#N)cc43)cc(C3COC4(CCN(CC5CCN(c6cc7c(cc6F)c(N6CCC(=O)NC6=O)nn7C)CC5)CC4)C3)cc2n(C)c1=O. The lowest BCUT2D eigenvalue weighted by Crippen LogP contribution is -2.49. The maximum Gasteiger partial charge on any atom is 0.329 e. The molecule has 7 heterocycles. The van der Waals surface area contributed by atoms with Crippen LogP contribution in [0.5, 0.6) is 0 Å². The van der Waals surface area contributed by atoms with E-state index < -0.39 is 6.03 Å². The maximum atomic E-state index is 15.8. The van der Waals surface area contributed by atoms with Crippen LogP contribution >= 0.6 is 0 Å². The minimum atomic E-state index is -0.539. The van der Waals surface area contributed by atoms with E-state index in [0.717, 1.165) is 111 Å². The highest BCUT2D eigenvalue weighted by Gasteiger charge is 2.44. The van der Waals surface area contributed by atoms with E-state index in [2.05, 4.69) is 55.3 Å². The Morgan fingerprint density at radius 3 is 2.40 bits per heavy atom. The number of carbonyl (C=O) groups excluding carboxylic acids is 2. The summed E-state index contributed by atoms with van der Waals surface area (Å²) in [6.45, 7) is 8.78. The predicted molar refractivity (Wildman–Crippen MR) is 238 cm³/mol. The third-order valence-corrected chi connectivity index (χ3v) is 14.4. The number of ether oxygens (including phenoxy) is 1. The number of aromatic nitrogens is 3. The molecule has 62 heavy (non-hydrogen) atoms. The summed E-state index contributed by atoms with van der Waals surface area (Å²) in [5.41, 5.74) is 7.65. The van der Waals surface area contributed by atoms with Gasteiger partial charge < -0.3 is 28.9 Å². The van der Waals surface area contributed by atoms with Crippen LogP contribution in [0.1, 0.15) is 61.1 Å². The van der Waals surface area contributed by atoms with Gasteiger partial charge in [0.1, 0.15) is 5.82 Å². The highest BCUT2D eigenvalue weighted by molar-refractivity contribution is 6.09. The summed E-state index contributed by atoms with van der Waals surface area (Å²) < 4.78 is 26.0. The normalized spacial score (nSPS) is 21.0. The van der Waals surface area contributed by atoms with E-state index in [4.69, 9.17) is 4.74 Å². The zero-order chi connectivity index (χ0) is 43.0. The fourth-order valence-corrected chi connectivity index (χ4v) is 10.8. The van der Waals surface area contributed by atoms with Crippen molar-refractivity contribution in [2.24, 2.45) is 20.0 Å². The number of likely N-dealkylation sites (tertiary alicyclic amines) is 1. The van der Waals surface area contributed by atoms with Gasteiger partial charge in [-0.05, 0) is 99.0 Å². The molecule has 0 saturated carbocycles. The number of hydrogen-bond acceptors (Lipinski definition) is 10. The number of nitrogens with zero attached hydrogens (tertiary/aromatic N) is 9.